The molecular weight excluding hydrogens is 363 g/mol. The third kappa shape index (κ3) is 3.41. The Labute approximate surface area is 133 Å². The van der Waals surface area contributed by atoms with E-state index in [1.54, 1.807) is 23.6 Å². The minimum Gasteiger partial charge on any atom is -0.389 e. The molecule has 1 aromatic heterocycles. The monoisotopic (exact) mass is 372 g/mol. The van der Waals surface area contributed by atoms with Gasteiger partial charge in [0.1, 0.15) is 15.7 Å². The number of benzene rings is 1. The summed E-state index contributed by atoms with van der Waals surface area (Å²) in [5, 5.41) is 4.47. The molecule has 0 aliphatic heterocycles. The summed E-state index contributed by atoms with van der Waals surface area (Å²) in [5.41, 5.74) is 6.27. The lowest BCUT2D eigenvalue weighted by Gasteiger charge is -2.07. The zero-order valence-electron chi connectivity index (χ0n) is 10.2. The third-order valence-electron chi connectivity index (χ3n) is 2.60. The fourth-order valence-electron chi connectivity index (χ4n) is 1.56. The van der Waals surface area contributed by atoms with Crippen LogP contribution < -0.4 is 11.1 Å². The van der Waals surface area contributed by atoms with Crippen molar-refractivity contribution in [2.75, 3.05) is 0 Å². The predicted molar refractivity (Wildman–Crippen MR) is 85.5 cm³/mol. The van der Waals surface area contributed by atoms with E-state index in [1.165, 1.54) is 17.4 Å². The number of halogens is 2. The van der Waals surface area contributed by atoms with Gasteiger partial charge >= 0.3 is 0 Å². The average molecular weight is 373 g/mol. The number of thiocarbonyl (C=S) groups is 1. The van der Waals surface area contributed by atoms with Crippen LogP contribution in [0.3, 0.4) is 0 Å². The van der Waals surface area contributed by atoms with Crippen LogP contribution in [-0.2, 0) is 6.54 Å². The maximum Gasteiger partial charge on any atom is 0.262 e. The van der Waals surface area contributed by atoms with Crippen LogP contribution in [0, 0.1) is 5.82 Å². The minimum atomic E-state index is -0.444. The van der Waals surface area contributed by atoms with Crippen molar-refractivity contribution in [2.24, 2.45) is 5.73 Å². The first-order valence-corrected chi connectivity index (χ1v) is 7.66. The van der Waals surface area contributed by atoms with Gasteiger partial charge in [0.25, 0.3) is 5.91 Å². The number of nitrogens with one attached hydrogen (secondary N) is 1. The van der Waals surface area contributed by atoms with Crippen LogP contribution in [0.25, 0.3) is 0 Å². The van der Waals surface area contributed by atoms with Crippen molar-refractivity contribution in [1.82, 2.24) is 5.32 Å². The van der Waals surface area contributed by atoms with E-state index < -0.39 is 5.82 Å². The minimum absolute atomic E-state index is 0.104. The zero-order valence-corrected chi connectivity index (χ0v) is 13.4. The summed E-state index contributed by atoms with van der Waals surface area (Å²) in [7, 11) is 0. The Morgan fingerprint density at radius 2 is 2.20 bits per heavy atom. The molecule has 1 heterocycles. The lowest BCUT2D eigenvalue weighted by Crippen LogP contribution is -2.23. The molecule has 20 heavy (non-hydrogen) atoms. The molecule has 0 aliphatic rings. The van der Waals surface area contributed by atoms with Gasteiger partial charge in [-0.3, -0.25) is 4.79 Å². The van der Waals surface area contributed by atoms with Crippen LogP contribution in [0.4, 0.5) is 4.39 Å². The Hall–Kier alpha value is -1.31. The molecule has 0 radical (unpaired) electrons. The number of carbonyl (C=O) groups excluding carboxylic acids is 1. The van der Waals surface area contributed by atoms with E-state index in [1.807, 2.05) is 0 Å². The van der Waals surface area contributed by atoms with Gasteiger partial charge in [0, 0.05) is 22.1 Å². The predicted octanol–water partition coefficient (Wildman–Crippen LogP) is 3.21. The standard InChI is InChI=1S/C13H10BrFN2OS2/c14-9-3-4-20-11(9)13(18)17-6-8-2-1-7(12(16)19)5-10(8)15/h1-5H,6H2,(H2,16,19)(H,17,18). The van der Waals surface area contributed by atoms with Crippen LogP contribution in [-0.4, -0.2) is 10.9 Å². The molecule has 2 rings (SSSR count). The van der Waals surface area contributed by atoms with Gasteiger partial charge < -0.3 is 11.1 Å². The summed E-state index contributed by atoms with van der Waals surface area (Å²) in [5.74, 6) is -0.689. The Bertz CT molecular complexity index is 672. The van der Waals surface area contributed by atoms with Gasteiger partial charge in [-0.05, 0) is 33.4 Å². The molecule has 104 valence electrons. The first kappa shape index (κ1) is 15.1. The van der Waals surface area contributed by atoms with Crippen molar-refractivity contribution < 1.29 is 9.18 Å². The van der Waals surface area contributed by atoms with Crippen LogP contribution in [0.5, 0.6) is 0 Å². The summed E-state index contributed by atoms with van der Waals surface area (Å²) in [6, 6.07) is 6.25. The summed E-state index contributed by atoms with van der Waals surface area (Å²) < 4.78 is 14.5. The van der Waals surface area contributed by atoms with E-state index in [0.717, 1.165) is 4.47 Å². The molecule has 0 saturated carbocycles. The van der Waals surface area contributed by atoms with Gasteiger partial charge in [-0.15, -0.1) is 11.3 Å². The summed E-state index contributed by atoms with van der Waals surface area (Å²) >= 11 is 9.37. The number of thiophene rings is 1. The second-order valence-corrected chi connectivity index (χ2v) is 6.16. The maximum absolute atomic E-state index is 13.8. The smallest absolute Gasteiger partial charge is 0.262 e. The number of hydrogen-bond acceptors (Lipinski definition) is 3. The van der Waals surface area contributed by atoms with Crippen molar-refractivity contribution >= 4 is 50.4 Å². The van der Waals surface area contributed by atoms with Crippen LogP contribution in [0.2, 0.25) is 0 Å². The van der Waals surface area contributed by atoms with Gasteiger partial charge in [0.05, 0.1) is 0 Å². The quantitative estimate of drug-likeness (QED) is 0.810. The van der Waals surface area contributed by atoms with Crippen LogP contribution in [0.15, 0.2) is 34.1 Å². The van der Waals surface area contributed by atoms with E-state index in [4.69, 9.17) is 18.0 Å². The third-order valence-corrected chi connectivity index (χ3v) is 4.67. The second-order valence-electron chi connectivity index (χ2n) is 3.95. The maximum atomic E-state index is 13.8. The molecule has 3 N–H and O–H groups in total. The number of carbonyl (C=O) groups is 1. The topological polar surface area (TPSA) is 55.1 Å². The van der Waals surface area contributed by atoms with Crippen molar-refractivity contribution in [3.63, 3.8) is 0 Å². The molecule has 0 atom stereocenters. The Kier molecular flexibility index (Phi) is 4.85. The van der Waals surface area contributed by atoms with Gasteiger partial charge in [-0.1, -0.05) is 24.4 Å². The zero-order chi connectivity index (χ0) is 14.7. The molecule has 7 heteroatoms. The lowest BCUT2D eigenvalue weighted by atomic mass is 10.1. The van der Waals surface area contributed by atoms with Crippen LogP contribution in [0.1, 0.15) is 20.8 Å². The van der Waals surface area contributed by atoms with E-state index in [9.17, 15) is 9.18 Å². The van der Waals surface area contributed by atoms with E-state index in [-0.39, 0.29) is 17.4 Å². The number of rotatable bonds is 4. The average Bonchev–Trinajstić information content (AvgIpc) is 2.83. The Morgan fingerprint density at radius 3 is 2.75 bits per heavy atom. The molecular formula is C13H10BrFN2OS2. The molecule has 1 aromatic carbocycles. The number of nitrogens with two attached hydrogens (primary N) is 1. The molecule has 0 saturated heterocycles. The molecule has 0 unspecified atom stereocenters. The van der Waals surface area contributed by atoms with Gasteiger partial charge in [0.15, 0.2) is 0 Å². The van der Waals surface area contributed by atoms with E-state index >= 15 is 0 Å². The fraction of sp³-hybridized carbons (Fsp3) is 0.0769. The molecule has 0 fully saturated rings. The second kappa shape index (κ2) is 6.43. The van der Waals surface area contributed by atoms with Crippen molar-refractivity contribution in [3.05, 3.63) is 55.9 Å². The van der Waals surface area contributed by atoms with Crippen LogP contribution >= 0.6 is 39.5 Å². The van der Waals surface area contributed by atoms with E-state index in [2.05, 4.69) is 21.2 Å². The van der Waals surface area contributed by atoms with Crippen molar-refractivity contribution in [3.8, 4) is 0 Å². The summed E-state index contributed by atoms with van der Waals surface area (Å²) in [6.07, 6.45) is 0. The molecule has 2 aromatic rings. The lowest BCUT2D eigenvalue weighted by molar-refractivity contribution is 0.0954. The Morgan fingerprint density at radius 1 is 1.45 bits per heavy atom. The van der Waals surface area contributed by atoms with Gasteiger partial charge in [0.2, 0.25) is 0 Å². The largest absolute Gasteiger partial charge is 0.389 e. The summed E-state index contributed by atoms with van der Waals surface area (Å²) in [4.78, 5) is 12.6. The highest BCUT2D eigenvalue weighted by atomic mass is 79.9. The highest BCUT2D eigenvalue weighted by Crippen LogP contribution is 2.22. The highest BCUT2D eigenvalue weighted by Gasteiger charge is 2.12. The van der Waals surface area contributed by atoms with Crippen molar-refractivity contribution in [1.29, 1.82) is 0 Å². The fourth-order valence-corrected chi connectivity index (χ4v) is 3.15. The SMILES string of the molecule is NC(=S)c1ccc(CNC(=O)c2sccc2Br)c(F)c1. The molecule has 0 aliphatic carbocycles. The molecule has 1 amide bonds. The van der Waals surface area contributed by atoms with Crippen molar-refractivity contribution in [2.45, 2.75) is 6.54 Å². The molecule has 0 bridgehead atoms. The highest BCUT2D eigenvalue weighted by molar-refractivity contribution is 9.10. The first-order chi connectivity index (χ1) is 9.49. The first-order valence-electron chi connectivity index (χ1n) is 5.58. The normalized spacial score (nSPS) is 10.3. The van der Waals surface area contributed by atoms with E-state index in [0.29, 0.717) is 16.0 Å². The summed E-state index contributed by atoms with van der Waals surface area (Å²) in [6.45, 7) is 0.104. The molecule has 3 nitrogen and oxygen atoms in total. The van der Waals surface area contributed by atoms with Gasteiger partial charge in [-0.2, -0.15) is 0 Å². The molecule has 0 spiro atoms. The number of hydrogen-bond donors (Lipinski definition) is 2. The number of amides is 1. The van der Waals surface area contributed by atoms with Gasteiger partial charge in [-0.25, -0.2) is 4.39 Å². The Balaban J connectivity index is 2.06.